The number of benzene rings is 2. The summed E-state index contributed by atoms with van der Waals surface area (Å²) in [5.74, 6) is -0.467. The molecule has 1 aromatic heterocycles. The maximum Gasteiger partial charge on any atom is 0.293 e. The van der Waals surface area contributed by atoms with Gasteiger partial charge in [-0.2, -0.15) is 5.10 Å². The van der Waals surface area contributed by atoms with Gasteiger partial charge in [-0.25, -0.2) is 17.5 Å². The Morgan fingerprint density at radius 1 is 1.23 bits per heavy atom. The van der Waals surface area contributed by atoms with Gasteiger partial charge in [-0.3, -0.25) is 10.1 Å². The summed E-state index contributed by atoms with van der Waals surface area (Å²) >= 11 is 0. The van der Waals surface area contributed by atoms with E-state index in [1.165, 1.54) is 41.3 Å². The minimum atomic E-state index is -3.58. The Balaban J connectivity index is 1.95. The lowest BCUT2D eigenvalue weighted by atomic mass is 10.2. The van der Waals surface area contributed by atoms with Crippen LogP contribution in [-0.2, 0) is 9.84 Å². The van der Waals surface area contributed by atoms with Gasteiger partial charge in [0.2, 0.25) is 0 Å². The third-order valence-corrected chi connectivity index (χ3v) is 4.67. The molecule has 0 amide bonds. The first-order valence-electron chi connectivity index (χ1n) is 7.31. The molecular weight excluding hydrogens is 363 g/mol. The molecule has 0 aliphatic rings. The fourth-order valence-corrected chi connectivity index (χ4v) is 2.95. The molecule has 0 aliphatic heterocycles. The third-order valence-electron chi connectivity index (χ3n) is 3.55. The highest BCUT2D eigenvalue weighted by atomic mass is 32.2. The Morgan fingerprint density at radius 2 is 1.96 bits per heavy atom. The highest BCUT2D eigenvalue weighted by molar-refractivity contribution is 7.90. The van der Waals surface area contributed by atoms with Gasteiger partial charge in [0, 0.05) is 12.3 Å². The first kappa shape index (κ1) is 17.5. The fraction of sp³-hybridized carbons (Fsp3) is 0.0625. The van der Waals surface area contributed by atoms with E-state index in [4.69, 9.17) is 0 Å². The molecule has 134 valence electrons. The van der Waals surface area contributed by atoms with E-state index >= 15 is 0 Å². The van der Waals surface area contributed by atoms with Crippen molar-refractivity contribution in [2.24, 2.45) is 0 Å². The van der Waals surface area contributed by atoms with E-state index in [1.807, 2.05) is 0 Å². The normalized spacial score (nSPS) is 11.3. The van der Waals surface area contributed by atoms with Crippen molar-refractivity contribution in [3.05, 3.63) is 70.8 Å². The Kier molecular flexibility index (Phi) is 4.43. The molecule has 1 N–H and O–H groups in total. The molecule has 8 nitrogen and oxygen atoms in total. The lowest BCUT2D eigenvalue weighted by molar-refractivity contribution is -0.384. The Labute approximate surface area is 148 Å². The van der Waals surface area contributed by atoms with Gasteiger partial charge in [-0.05, 0) is 24.3 Å². The number of aromatic nitrogens is 2. The second-order valence-corrected chi connectivity index (χ2v) is 7.47. The van der Waals surface area contributed by atoms with E-state index in [0.29, 0.717) is 5.69 Å². The van der Waals surface area contributed by atoms with E-state index in [-0.39, 0.29) is 16.3 Å². The summed E-state index contributed by atoms with van der Waals surface area (Å²) in [6, 6.07) is 9.59. The molecule has 0 saturated carbocycles. The smallest absolute Gasteiger partial charge is 0.293 e. The van der Waals surface area contributed by atoms with Gasteiger partial charge in [0.1, 0.15) is 17.2 Å². The number of sulfone groups is 1. The van der Waals surface area contributed by atoms with Crippen molar-refractivity contribution in [1.82, 2.24) is 9.78 Å². The van der Waals surface area contributed by atoms with Crippen LogP contribution in [0.15, 0.2) is 59.8 Å². The maximum atomic E-state index is 13.8. The standard InChI is InChI=1S/C16H13FN4O4S/c1-26(24,25)12-6-7-14(16(8-12)21(22)23)19-11-9-18-20(10-11)15-5-3-2-4-13(15)17/h2-10,19H,1H3. The Bertz CT molecular complexity index is 1100. The lowest BCUT2D eigenvalue weighted by Gasteiger charge is -2.06. The molecule has 1 heterocycles. The van der Waals surface area contributed by atoms with Crippen LogP contribution in [0.4, 0.5) is 21.5 Å². The van der Waals surface area contributed by atoms with E-state index in [2.05, 4.69) is 10.4 Å². The van der Waals surface area contributed by atoms with Crippen molar-refractivity contribution in [2.75, 3.05) is 11.6 Å². The van der Waals surface area contributed by atoms with Gasteiger partial charge in [0.25, 0.3) is 5.69 Å². The second-order valence-electron chi connectivity index (χ2n) is 5.46. The quantitative estimate of drug-likeness (QED) is 0.542. The molecule has 10 heteroatoms. The zero-order chi connectivity index (χ0) is 18.9. The summed E-state index contributed by atoms with van der Waals surface area (Å²) in [7, 11) is -3.58. The van der Waals surface area contributed by atoms with Crippen LogP contribution in [0, 0.1) is 15.9 Å². The molecule has 0 aliphatic carbocycles. The van der Waals surface area contributed by atoms with E-state index in [1.54, 1.807) is 12.1 Å². The summed E-state index contributed by atoms with van der Waals surface area (Å²) in [6.07, 6.45) is 3.81. The molecule has 3 aromatic rings. The maximum absolute atomic E-state index is 13.8. The monoisotopic (exact) mass is 376 g/mol. The van der Waals surface area contributed by atoms with Crippen molar-refractivity contribution in [3.8, 4) is 5.69 Å². The number of rotatable bonds is 5. The SMILES string of the molecule is CS(=O)(=O)c1ccc(Nc2cnn(-c3ccccc3F)c2)c([N+](=O)[O-])c1. The van der Waals surface area contributed by atoms with Crippen LogP contribution in [0.3, 0.4) is 0 Å². The van der Waals surface area contributed by atoms with Crippen molar-refractivity contribution in [1.29, 1.82) is 0 Å². The predicted octanol–water partition coefficient (Wildman–Crippen LogP) is 3.07. The van der Waals surface area contributed by atoms with Gasteiger partial charge < -0.3 is 5.32 Å². The molecule has 2 aromatic carbocycles. The molecule has 26 heavy (non-hydrogen) atoms. The summed E-state index contributed by atoms with van der Waals surface area (Å²) in [5.41, 5.74) is 0.299. The van der Waals surface area contributed by atoms with Crippen molar-refractivity contribution in [2.45, 2.75) is 4.90 Å². The number of nitro groups is 1. The fourth-order valence-electron chi connectivity index (χ4n) is 2.31. The van der Waals surface area contributed by atoms with E-state index in [0.717, 1.165) is 12.3 Å². The predicted molar refractivity (Wildman–Crippen MR) is 93.0 cm³/mol. The minimum absolute atomic E-state index is 0.0930. The zero-order valence-electron chi connectivity index (χ0n) is 13.5. The molecule has 0 unspecified atom stereocenters. The molecule has 0 radical (unpaired) electrons. The Morgan fingerprint density at radius 3 is 2.62 bits per heavy atom. The number of nitrogens with zero attached hydrogens (tertiary/aromatic N) is 3. The van der Waals surface area contributed by atoms with E-state index in [9.17, 15) is 22.9 Å². The van der Waals surface area contributed by atoms with Gasteiger partial charge in [0.15, 0.2) is 9.84 Å². The number of anilines is 2. The summed E-state index contributed by atoms with van der Waals surface area (Å²) < 4.78 is 38.3. The first-order valence-corrected chi connectivity index (χ1v) is 9.20. The molecule has 0 fully saturated rings. The van der Waals surface area contributed by atoms with Crippen LogP contribution in [0.25, 0.3) is 5.69 Å². The molecule has 3 rings (SSSR count). The van der Waals surface area contributed by atoms with Gasteiger partial charge in [-0.1, -0.05) is 12.1 Å². The van der Waals surface area contributed by atoms with Gasteiger partial charge in [-0.15, -0.1) is 0 Å². The van der Waals surface area contributed by atoms with Gasteiger partial charge >= 0.3 is 0 Å². The number of halogens is 1. The lowest BCUT2D eigenvalue weighted by Crippen LogP contribution is -2.01. The minimum Gasteiger partial charge on any atom is -0.347 e. The average molecular weight is 376 g/mol. The van der Waals surface area contributed by atoms with Crippen LogP contribution >= 0.6 is 0 Å². The number of hydrogen-bond donors (Lipinski definition) is 1. The first-order chi connectivity index (χ1) is 12.3. The van der Waals surface area contributed by atoms with E-state index < -0.39 is 26.3 Å². The van der Waals surface area contributed by atoms with Gasteiger partial charge in [0.05, 0.1) is 27.9 Å². The molecule has 0 spiro atoms. The highest BCUT2D eigenvalue weighted by Crippen LogP contribution is 2.30. The van der Waals surface area contributed by atoms with Crippen molar-refractivity contribution < 1.29 is 17.7 Å². The number of para-hydroxylation sites is 1. The highest BCUT2D eigenvalue weighted by Gasteiger charge is 2.19. The molecule has 0 saturated heterocycles. The zero-order valence-corrected chi connectivity index (χ0v) is 14.3. The third kappa shape index (κ3) is 3.54. The largest absolute Gasteiger partial charge is 0.347 e. The second kappa shape index (κ2) is 6.56. The van der Waals surface area contributed by atoms with Crippen LogP contribution in [0.5, 0.6) is 0 Å². The number of nitro benzene ring substituents is 1. The van der Waals surface area contributed by atoms with Crippen molar-refractivity contribution >= 4 is 26.9 Å². The molecular formula is C16H13FN4O4S. The van der Waals surface area contributed by atoms with Crippen molar-refractivity contribution in [3.63, 3.8) is 0 Å². The topological polar surface area (TPSA) is 107 Å². The molecule has 0 bridgehead atoms. The number of hydrogen-bond acceptors (Lipinski definition) is 6. The van der Waals surface area contributed by atoms with Crippen LogP contribution in [0.2, 0.25) is 0 Å². The van der Waals surface area contributed by atoms with Crippen LogP contribution < -0.4 is 5.32 Å². The number of nitrogens with one attached hydrogen (secondary N) is 1. The summed E-state index contributed by atoms with van der Waals surface area (Å²) in [4.78, 5) is 10.4. The Hall–Kier alpha value is -3.27. The van der Waals surface area contributed by atoms with Crippen LogP contribution in [0.1, 0.15) is 0 Å². The average Bonchev–Trinajstić information content (AvgIpc) is 3.02. The summed E-state index contributed by atoms with van der Waals surface area (Å²) in [6.45, 7) is 0. The van der Waals surface area contributed by atoms with Crippen LogP contribution in [-0.4, -0.2) is 29.4 Å². The summed E-state index contributed by atoms with van der Waals surface area (Å²) in [5, 5.41) is 18.1. The molecule has 0 atom stereocenters.